The van der Waals surface area contributed by atoms with Gasteiger partial charge in [-0.15, -0.1) is 0 Å². The van der Waals surface area contributed by atoms with E-state index in [4.69, 9.17) is 4.55 Å². The molecular formula is C21H29NO5S. The Kier molecular flexibility index (Phi) is 5.04. The molecule has 28 heavy (non-hydrogen) atoms. The van der Waals surface area contributed by atoms with E-state index in [-0.39, 0.29) is 5.41 Å². The average Bonchev–Trinajstić information content (AvgIpc) is 3.40. The highest BCUT2D eigenvalue weighted by molar-refractivity contribution is 7.85. The van der Waals surface area contributed by atoms with Gasteiger partial charge in [-0.1, -0.05) is 6.07 Å². The number of phenolic OH excluding ortho intramolecular Hbond substituents is 1. The second-order valence-corrected chi connectivity index (χ2v) is 10.5. The third-order valence-electron chi connectivity index (χ3n) is 6.98. The predicted molar refractivity (Wildman–Crippen MR) is 106 cm³/mol. The fourth-order valence-electron chi connectivity index (χ4n) is 5.75. The molecule has 0 aromatic heterocycles. The average molecular weight is 408 g/mol. The van der Waals surface area contributed by atoms with Crippen molar-refractivity contribution in [3.63, 3.8) is 0 Å². The Labute approximate surface area is 166 Å². The van der Waals surface area contributed by atoms with Gasteiger partial charge in [-0.05, 0) is 73.7 Å². The molecule has 6 nitrogen and oxygen atoms in total. The van der Waals surface area contributed by atoms with Gasteiger partial charge in [-0.25, -0.2) is 0 Å². The highest BCUT2D eigenvalue weighted by Crippen LogP contribution is 2.55. The Morgan fingerprint density at radius 2 is 1.96 bits per heavy atom. The van der Waals surface area contributed by atoms with E-state index in [0.717, 1.165) is 38.1 Å². The van der Waals surface area contributed by atoms with E-state index in [9.17, 15) is 18.3 Å². The van der Waals surface area contributed by atoms with Gasteiger partial charge in [0.2, 0.25) is 0 Å². The van der Waals surface area contributed by atoms with Crippen LogP contribution >= 0.6 is 0 Å². The zero-order valence-corrected chi connectivity index (χ0v) is 17.1. The van der Waals surface area contributed by atoms with Crippen LogP contribution in [0.2, 0.25) is 0 Å². The van der Waals surface area contributed by atoms with Crippen LogP contribution in [0.15, 0.2) is 18.2 Å². The number of likely N-dealkylation sites (tertiary alicyclic amines) is 1. The first-order valence-electron chi connectivity index (χ1n) is 10.2. The number of fused-ring (bicyclic) bond motifs is 1. The van der Waals surface area contributed by atoms with Crippen LogP contribution in [0.5, 0.6) is 5.75 Å². The summed E-state index contributed by atoms with van der Waals surface area (Å²) in [6, 6.07) is 6.50. The first-order valence-corrected chi connectivity index (χ1v) is 12.0. The number of benzene rings is 1. The van der Waals surface area contributed by atoms with Crippen molar-refractivity contribution in [3.8, 4) is 5.75 Å². The molecule has 0 unspecified atom stereocenters. The molecule has 1 aliphatic heterocycles. The molecular weight excluding hydrogens is 378 g/mol. The van der Waals surface area contributed by atoms with Gasteiger partial charge >= 0.3 is 0 Å². The molecule has 2 N–H and O–H groups in total. The number of Topliss-reactive ketones (excluding diaryl/α,β-unsaturated/α-hetero) is 1. The molecule has 4 aliphatic rings. The summed E-state index contributed by atoms with van der Waals surface area (Å²) in [5, 5.41) is 10.0. The maximum atomic E-state index is 12.3. The number of piperidine rings is 1. The van der Waals surface area contributed by atoms with Crippen LogP contribution in [-0.4, -0.2) is 54.1 Å². The van der Waals surface area contributed by atoms with E-state index in [0.29, 0.717) is 36.2 Å². The van der Waals surface area contributed by atoms with Gasteiger partial charge in [0.15, 0.2) is 0 Å². The van der Waals surface area contributed by atoms with Crippen molar-refractivity contribution in [2.45, 2.75) is 56.4 Å². The number of rotatable bonds is 2. The molecule has 0 radical (unpaired) electrons. The Bertz CT molecular complexity index is 871. The van der Waals surface area contributed by atoms with E-state index >= 15 is 0 Å². The van der Waals surface area contributed by atoms with Gasteiger partial charge in [0.05, 0.1) is 6.26 Å². The Balaban J connectivity index is 0.000000346. The predicted octanol–water partition coefficient (Wildman–Crippen LogP) is 2.54. The first kappa shape index (κ1) is 19.9. The Morgan fingerprint density at radius 1 is 1.25 bits per heavy atom. The number of phenols is 1. The Morgan fingerprint density at radius 3 is 2.64 bits per heavy atom. The molecule has 2 saturated carbocycles. The molecule has 0 spiro atoms. The summed E-state index contributed by atoms with van der Waals surface area (Å²) in [6.45, 7) is 2.39. The highest BCUT2D eigenvalue weighted by Gasteiger charge is 2.55. The molecule has 1 aromatic rings. The quantitative estimate of drug-likeness (QED) is 0.732. The molecule has 1 aromatic carbocycles. The fourth-order valence-corrected chi connectivity index (χ4v) is 5.75. The van der Waals surface area contributed by atoms with E-state index in [1.807, 2.05) is 12.1 Å². The smallest absolute Gasteiger partial charge is 0.261 e. The minimum atomic E-state index is -3.67. The van der Waals surface area contributed by atoms with Crippen molar-refractivity contribution in [2.24, 2.45) is 11.8 Å². The summed E-state index contributed by atoms with van der Waals surface area (Å²) in [5.41, 5.74) is 2.67. The molecule has 3 aliphatic carbocycles. The van der Waals surface area contributed by atoms with E-state index in [1.165, 1.54) is 30.5 Å². The van der Waals surface area contributed by atoms with Gasteiger partial charge in [-0.3, -0.25) is 14.2 Å². The summed E-state index contributed by atoms with van der Waals surface area (Å²) in [6.07, 6.45) is 8.21. The number of carbonyl (C=O) groups is 1. The molecule has 2 bridgehead atoms. The molecule has 1 saturated heterocycles. The molecule has 154 valence electrons. The van der Waals surface area contributed by atoms with Crippen LogP contribution < -0.4 is 0 Å². The van der Waals surface area contributed by atoms with Gasteiger partial charge in [0, 0.05) is 30.8 Å². The lowest BCUT2D eigenvalue weighted by Gasteiger charge is -2.58. The maximum absolute atomic E-state index is 12.3. The molecule has 1 heterocycles. The van der Waals surface area contributed by atoms with Crippen molar-refractivity contribution in [1.29, 1.82) is 0 Å². The molecule has 3 fully saturated rings. The normalized spacial score (nSPS) is 32.0. The lowest BCUT2D eigenvalue weighted by atomic mass is 9.52. The summed E-state index contributed by atoms with van der Waals surface area (Å²) in [5.74, 6) is 2.30. The highest BCUT2D eigenvalue weighted by atomic mass is 32.2. The van der Waals surface area contributed by atoms with Crippen molar-refractivity contribution in [3.05, 3.63) is 29.3 Å². The van der Waals surface area contributed by atoms with Crippen LogP contribution in [0.1, 0.15) is 49.7 Å². The van der Waals surface area contributed by atoms with Crippen molar-refractivity contribution in [1.82, 2.24) is 4.90 Å². The van der Waals surface area contributed by atoms with Crippen LogP contribution in [0.4, 0.5) is 0 Å². The third-order valence-corrected chi connectivity index (χ3v) is 6.98. The largest absolute Gasteiger partial charge is 0.508 e. The van der Waals surface area contributed by atoms with Crippen LogP contribution in [-0.2, 0) is 26.7 Å². The third kappa shape index (κ3) is 3.98. The summed E-state index contributed by atoms with van der Waals surface area (Å²) < 4.78 is 25.9. The number of nitrogens with zero attached hydrogens (tertiary/aromatic N) is 1. The van der Waals surface area contributed by atoms with Crippen LogP contribution in [0.3, 0.4) is 0 Å². The summed E-state index contributed by atoms with van der Waals surface area (Å²) in [4.78, 5) is 15.0. The SMILES string of the molecule is CS(=O)(=O)O.O=C1CC[C@H]2[C@@H]3Cc4ccc(O)cc4[C@]2(CCN3CC2CC2)C1. The number of ketones is 1. The summed E-state index contributed by atoms with van der Waals surface area (Å²) in [7, 11) is -3.67. The summed E-state index contributed by atoms with van der Waals surface area (Å²) >= 11 is 0. The monoisotopic (exact) mass is 407 g/mol. The molecule has 3 atom stereocenters. The zero-order valence-electron chi connectivity index (χ0n) is 16.3. The van der Waals surface area contributed by atoms with Gasteiger partial charge in [-0.2, -0.15) is 8.42 Å². The van der Waals surface area contributed by atoms with E-state index in [1.54, 1.807) is 0 Å². The van der Waals surface area contributed by atoms with Crippen molar-refractivity contribution < 1.29 is 22.9 Å². The van der Waals surface area contributed by atoms with E-state index in [2.05, 4.69) is 11.0 Å². The number of aromatic hydroxyl groups is 1. The standard InChI is InChI=1S/C20H25NO2.CH4O3S/c22-15-4-3-14-9-19-17-6-5-16(23)11-20(17,18(14)10-15)7-8-21(19)12-13-1-2-13;1-5(2,3)4/h3-4,10,13,17,19,22H,1-2,5-9,11-12H2;1H3,(H,2,3,4)/t17-,19-,20+;/m0./s1. The van der Waals surface area contributed by atoms with Crippen LogP contribution in [0.25, 0.3) is 0 Å². The topological polar surface area (TPSA) is 94.9 Å². The molecule has 5 rings (SSSR count). The van der Waals surface area contributed by atoms with Crippen molar-refractivity contribution in [2.75, 3.05) is 19.3 Å². The number of hydrogen-bond acceptors (Lipinski definition) is 5. The van der Waals surface area contributed by atoms with Crippen molar-refractivity contribution >= 4 is 15.9 Å². The van der Waals surface area contributed by atoms with E-state index < -0.39 is 10.1 Å². The second-order valence-electron chi connectivity index (χ2n) is 9.05. The van der Waals surface area contributed by atoms with Gasteiger partial charge in [0.1, 0.15) is 11.5 Å². The maximum Gasteiger partial charge on any atom is 0.261 e. The fraction of sp³-hybridized carbons (Fsp3) is 0.667. The minimum absolute atomic E-state index is 0.00632. The number of carbonyl (C=O) groups excluding carboxylic acids is 1. The second kappa shape index (κ2) is 7.11. The zero-order chi connectivity index (χ0) is 20.1. The number of hydrogen-bond donors (Lipinski definition) is 2. The van der Waals surface area contributed by atoms with Gasteiger partial charge < -0.3 is 5.11 Å². The molecule has 7 heteroatoms. The lowest BCUT2D eigenvalue weighted by molar-refractivity contribution is -0.127. The Hall–Kier alpha value is -1.44. The minimum Gasteiger partial charge on any atom is -0.508 e. The van der Waals surface area contributed by atoms with Gasteiger partial charge in [0.25, 0.3) is 10.1 Å². The lowest BCUT2D eigenvalue weighted by Crippen LogP contribution is -2.62. The van der Waals surface area contributed by atoms with Crippen LogP contribution in [0, 0.1) is 11.8 Å². The molecule has 0 amide bonds. The first-order chi connectivity index (χ1) is 13.2.